The molecule has 0 fully saturated rings. The second-order valence-electron chi connectivity index (χ2n) is 6.27. The predicted octanol–water partition coefficient (Wildman–Crippen LogP) is 4.72. The summed E-state index contributed by atoms with van der Waals surface area (Å²) in [5, 5.41) is 12.5. The lowest BCUT2D eigenvalue weighted by atomic mass is 10.2. The number of carbonyl (C=O) groups is 1. The average molecular weight is 475 g/mol. The van der Waals surface area contributed by atoms with E-state index in [0.717, 1.165) is 33.5 Å². The molecule has 0 aliphatic carbocycles. The zero-order chi connectivity index (χ0) is 20.6. The lowest BCUT2D eigenvalue weighted by Crippen LogP contribution is -2.29. The molecule has 1 N–H and O–H groups in total. The number of rotatable bonds is 9. The SMILES string of the molecule is CCn1c(SCCOc2ccccc2)nnc1[C@H](C)NC(=O)c1ccccc1Br. The summed E-state index contributed by atoms with van der Waals surface area (Å²) in [5.74, 6) is 2.19. The van der Waals surface area contributed by atoms with Crippen LogP contribution in [0.3, 0.4) is 0 Å². The highest BCUT2D eigenvalue weighted by atomic mass is 79.9. The van der Waals surface area contributed by atoms with Crippen LogP contribution in [-0.4, -0.2) is 33.0 Å². The van der Waals surface area contributed by atoms with Crippen molar-refractivity contribution in [3.8, 4) is 5.75 Å². The van der Waals surface area contributed by atoms with Gasteiger partial charge in [-0.05, 0) is 54.0 Å². The van der Waals surface area contributed by atoms with Crippen molar-refractivity contribution < 1.29 is 9.53 Å². The topological polar surface area (TPSA) is 69.0 Å². The third kappa shape index (κ3) is 5.61. The molecule has 1 atom stereocenters. The van der Waals surface area contributed by atoms with Crippen LogP contribution in [0.25, 0.3) is 0 Å². The third-order valence-corrected chi connectivity index (χ3v) is 5.86. The summed E-state index contributed by atoms with van der Waals surface area (Å²) in [7, 11) is 0. The van der Waals surface area contributed by atoms with Gasteiger partial charge in [0.25, 0.3) is 5.91 Å². The first-order chi connectivity index (χ1) is 14.1. The second kappa shape index (κ2) is 10.5. The number of nitrogens with zero attached hydrogens (tertiary/aromatic N) is 3. The number of amides is 1. The van der Waals surface area contributed by atoms with Gasteiger partial charge in [-0.1, -0.05) is 42.1 Å². The van der Waals surface area contributed by atoms with Gasteiger partial charge in [0.05, 0.1) is 18.2 Å². The zero-order valence-electron chi connectivity index (χ0n) is 16.3. The average Bonchev–Trinajstić information content (AvgIpc) is 3.15. The molecule has 8 heteroatoms. The van der Waals surface area contributed by atoms with Crippen LogP contribution < -0.4 is 10.1 Å². The van der Waals surface area contributed by atoms with Gasteiger partial charge >= 0.3 is 0 Å². The molecule has 0 radical (unpaired) electrons. The van der Waals surface area contributed by atoms with E-state index in [-0.39, 0.29) is 11.9 Å². The fourth-order valence-corrected chi connectivity index (χ4v) is 4.11. The second-order valence-corrected chi connectivity index (χ2v) is 8.19. The summed E-state index contributed by atoms with van der Waals surface area (Å²) in [6, 6.07) is 16.8. The van der Waals surface area contributed by atoms with E-state index in [1.54, 1.807) is 17.8 Å². The molecule has 0 aliphatic heterocycles. The molecule has 2 aromatic carbocycles. The summed E-state index contributed by atoms with van der Waals surface area (Å²) in [5.41, 5.74) is 0.592. The van der Waals surface area contributed by atoms with Crippen molar-refractivity contribution in [2.75, 3.05) is 12.4 Å². The molecule has 0 spiro atoms. The van der Waals surface area contributed by atoms with Crippen molar-refractivity contribution in [2.45, 2.75) is 31.6 Å². The number of benzene rings is 2. The van der Waals surface area contributed by atoms with Crippen molar-refractivity contribution in [3.05, 3.63) is 70.5 Å². The highest BCUT2D eigenvalue weighted by Crippen LogP contribution is 2.22. The van der Waals surface area contributed by atoms with E-state index >= 15 is 0 Å². The van der Waals surface area contributed by atoms with Gasteiger partial charge in [-0.25, -0.2) is 0 Å². The monoisotopic (exact) mass is 474 g/mol. The van der Waals surface area contributed by atoms with Gasteiger partial charge in [-0.2, -0.15) is 0 Å². The number of halogens is 1. The fourth-order valence-electron chi connectivity index (χ4n) is 2.82. The van der Waals surface area contributed by atoms with Gasteiger partial charge in [0, 0.05) is 16.8 Å². The van der Waals surface area contributed by atoms with E-state index in [1.165, 1.54) is 0 Å². The van der Waals surface area contributed by atoms with Gasteiger partial charge in [0.2, 0.25) is 0 Å². The molecule has 0 bridgehead atoms. The van der Waals surface area contributed by atoms with E-state index < -0.39 is 0 Å². The number of carbonyl (C=O) groups excluding carboxylic acids is 1. The Morgan fingerprint density at radius 3 is 2.62 bits per heavy atom. The first-order valence-electron chi connectivity index (χ1n) is 9.39. The molecule has 29 heavy (non-hydrogen) atoms. The summed E-state index contributed by atoms with van der Waals surface area (Å²) in [4.78, 5) is 12.6. The molecule has 3 aromatic rings. The summed E-state index contributed by atoms with van der Waals surface area (Å²) in [6.07, 6.45) is 0. The Labute approximate surface area is 183 Å². The first kappa shape index (κ1) is 21.4. The minimum atomic E-state index is -0.267. The minimum Gasteiger partial charge on any atom is -0.493 e. The van der Waals surface area contributed by atoms with Crippen molar-refractivity contribution in [3.63, 3.8) is 0 Å². The van der Waals surface area contributed by atoms with Gasteiger partial charge in [0.15, 0.2) is 11.0 Å². The standard InChI is InChI=1S/C21H23BrN4O2S/c1-3-26-19(15(2)23-20(27)17-11-7-8-12-18(17)22)24-25-21(26)29-14-13-28-16-9-5-4-6-10-16/h4-12,15H,3,13-14H2,1-2H3,(H,23,27)/t15-/m0/s1. The number of aromatic nitrogens is 3. The Morgan fingerprint density at radius 2 is 1.90 bits per heavy atom. The molecule has 1 amide bonds. The van der Waals surface area contributed by atoms with Crippen LogP contribution in [0.5, 0.6) is 5.75 Å². The van der Waals surface area contributed by atoms with Crippen LogP contribution in [0.2, 0.25) is 0 Å². The van der Waals surface area contributed by atoms with E-state index in [2.05, 4.69) is 31.4 Å². The maximum Gasteiger partial charge on any atom is 0.253 e. The molecule has 0 unspecified atom stereocenters. The molecular weight excluding hydrogens is 452 g/mol. The number of para-hydroxylation sites is 1. The lowest BCUT2D eigenvalue weighted by Gasteiger charge is -2.15. The highest BCUT2D eigenvalue weighted by molar-refractivity contribution is 9.10. The van der Waals surface area contributed by atoms with Crippen LogP contribution in [0.4, 0.5) is 0 Å². The number of nitrogens with one attached hydrogen (secondary N) is 1. The Bertz CT molecular complexity index is 949. The van der Waals surface area contributed by atoms with Gasteiger partial charge in [-0.15, -0.1) is 10.2 Å². The maximum absolute atomic E-state index is 12.6. The number of thioether (sulfide) groups is 1. The third-order valence-electron chi connectivity index (χ3n) is 4.24. The molecule has 152 valence electrons. The Morgan fingerprint density at radius 1 is 1.17 bits per heavy atom. The highest BCUT2D eigenvalue weighted by Gasteiger charge is 2.20. The Hall–Kier alpha value is -2.32. The Balaban J connectivity index is 1.59. The van der Waals surface area contributed by atoms with Gasteiger partial charge in [-0.3, -0.25) is 4.79 Å². The van der Waals surface area contributed by atoms with Crippen molar-refractivity contribution in [2.24, 2.45) is 0 Å². The van der Waals surface area contributed by atoms with Crippen LogP contribution >= 0.6 is 27.7 Å². The summed E-state index contributed by atoms with van der Waals surface area (Å²) >= 11 is 5.01. The van der Waals surface area contributed by atoms with E-state index in [0.29, 0.717) is 12.2 Å². The first-order valence-corrected chi connectivity index (χ1v) is 11.2. The van der Waals surface area contributed by atoms with Gasteiger partial charge < -0.3 is 14.6 Å². The molecule has 1 heterocycles. The molecule has 0 aliphatic rings. The Kier molecular flexibility index (Phi) is 7.71. The predicted molar refractivity (Wildman–Crippen MR) is 118 cm³/mol. The smallest absolute Gasteiger partial charge is 0.253 e. The zero-order valence-corrected chi connectivity index (χ0v) is 18.7. The van der Waals surface area contributed by atoms with E-state index in [1.807, 2.05) is 66.9 Å². The lowest BCUT2D eigenvalue weighted by molar-refractivity contribution is 0.0936. The normalized spacial score (nSPS) is 11.8. The summed E-state index contributed by atoms with van der Waals surface area (Å²) in [6.45, 7) is 5.26. The molecule has 0 saturated heterocycles. The van der Waals surface area contributed by atoms with Crippen LogP contribution in [0.15, 0.2) is 64.2 Å². The van der Waals surface area contributed by atoms with E-state index in [4.69, 9.17) is 4.74 Å². The molecule has 1 aromatic heterocycles. The van der Waals surface area contributed by atoms with Crippen molar-refractivity contribution in [1.82, 2.24) is 20.1 Å². The number of hydrogen-bond acceptors (Lipinski definition) is 5. The van der Waals surface area contributed by atoms with Crippen LogP contribution in [0.1, 0.15) is 36.1 Å². The number of ether oxygens (including phenoxy) is 1. The summed E-state index contributed by atoms with van der Waals surface area (Å²) < 4.78 is 8.52. The maximum atomic E-state index is 12.6. The van der Waals surface area contributed by atoms with Crippen LogP contribution in [-0.2, 0) is 6.54 Å². The van der Waals surface area contributed by atoms with Gasteiger partial charge in [0.1, 0.15) is 5.75 Å². The van der Waals surface area contributed by atoms with Crippen molar-refractivity contribution >= 4 is 33.6 Å². The largest absolute Gasteiger partial charge is 0.493 e. The fraction of sp³-hybridized carbons (Fsp3) is 0.286. The minimum absolute atomic E-state index is 0.152. The van der Waals surface area contributed by atoms with Crippen LogP contribution in [0, 0.1) is 0 Å². The molecule has 0 saturated carbocycles. The molecule has 6 nitrogen and oxygen atoms in total. The van der Waals surface area contributed by atoms with Crippen molar-refractivity contribution in [1.29, 1.82) is 0 Å². The molecular formula is C21H23BrN4O2S. The van der Waals surface area contributed by atoms with E-state index in [9.17, 15) is 4.79 Å². The molecule has 3 rings (SSSR count). The number of hydrogen-bond donors (Lipinski definition) is 1. The quantitative estimate of drug-likeness (QED) is 0.358.